The first-order valence-corrected chi connectivity index (χ1v) is 8.86. The number of halogens is 3. The van der Waals surface area contributed by atoms with E-state index >= 15 is 0 Å². The summed E-state index contributed by atoms with van der Waals surface area (Å²) in [4.78, 5) is 14.3. The van der Waals surface area contributed by atoms with Gasteiger partial charge >= 0.3 is 12.1 Å². The van der Waals surface area contributed by atoms with Crippen molar-refractivity contribution in [2.45, 2.75) is 32.5 Å². The highest BCUT2D eigenvalue weighted by Crippen LogP contribution is 2.33. The van der Waals surface area contributed by atoms with Crippen molar-refractivity contribution >= 4 is 23.2 Å². The molecule has 1 unspecified atom stereocenters. The van der Waals surface area contributed by atoms with Crippen molar-refractivity contribution in [2.75, 3.05) is 16.9 Å². The number of anilines is 2. The zero-order chi connectivity index (χ0) is 20.3. The summed E-state index contributed by atoms with van der Waals surface area (Å²) in [6.07, 6.45) is -3.74. The van der Waals surface area contributed by atoms with Crippen LogP contribution in [-0.4, -0.2) is 24.5 Å². The van der Waals surface area contributed by atoms with Crippen LogP contribution in [0.3, 0.4) is 0 Å². The fraction of sp³-hybridized carbons (Fsp3) is 0.300. The second-order valence-electron chi connectivity index (χ2n) is 6.40. The lowest BCUT2D eigenvalue weighted by atomic mass is 10.1. The first kappa shape index (κ1) is 19.7. The highest BCUT2D eigenvalue weighted by atomic mass is 19.4. The number of ether oxygens (including phenoxy) is 1. The maximum Gasteiger partial charge on any atom is 0.416 e. The van der Waals surface area contributed by atoms with Gasteiger partial charge in [0.1, 0.15) is 0 Å². The van der Waals surface area contributed by atoms with Crippen LogP contribution in [0.25, 0.3) is 0 Å². The number of alkyl halides is 3. The van der Waals surface area contributed by atoms with Crippen LogP contribution in [0.5, 0.6) is 0 Å². The first-order chi connectivity index (χ1) is 13.3. The lowest BCUT2D eigenvalue weighted by Crippen LogP contribution is -2.42. The Morgan fingerprint density at radius 3 is 2.71 bits per heavy atom. The molecular weight excluding hydrogens is 371 g/mol. The van der Waals surface area contributed by atoms with Gasteiger partial charge in [0.15, 0.2) is 0 Å². The molecule has 0 spiro atoms. The van der Waals surface area contributed by atoms with Gasteiger partial charge < -0.3 is 9.64 Å². The van der Waals surface area contributed by atoms with Crippen molar-refractivity contribution in [2.24, 2.45) is 5.10 Å². The highest BCUT2D eigenvalue weighted by Gasteiger charge is 2.34. The standard InChI is InChI=1S/C20H20F3N3O2/c1-3-28-19(27)18(26-13(2)11-14-7-4-5-10-17(14)26)25-24-16-9-6-8-15(12-16)20(21,22)23/h4-10,12-13,24H,3,11H2,1-2H3/b25-18+. The molecule has 2 aromatic carbocycles. The van der Waals surface area contributed by atoms with Gasteiger partial charge in [-0.15, -0.1) is 5.10 Å². The molecule has 8 heteroatoms. The Morgan fingerprint density at radius 1 is 1.25 bits per heavy atom. The minimum Gasteiger partial charge on any atom is -0.460 e. The number of benzene rings is 2. The average Bonchev–Trinajstić information content (AvgIpc) is 2.98. The molecule has 1 aliphatic rings. The molecule has 3 rings (SSSR count). The molecule has 1 N–H and O–H groups in total. The third-order valence-electron chi connectivity index (χ3n) is 4.37. The third kappa shape index (κ3) is 4.11. The van der Waals surface area contributed by atoms with Crippen LogP contribution < -0.4 is 10.3 Å². The summed E-state index contributed by atoms with van der Waals surface area (Å²) in [5.41, 5.74) is 3.78. The number of carbonyl (C=O) groups is 1. The Morgan fingerprint density at radius 2 is 2.00 bits per heavy atom. The summed E-state index contributed by atoms with van der Waals surface area (Å²) < 4.78 is 43.8. The quantitative estimate of drug-likeness (QED) is 0.364. The Balaban J connectivity index is 1.94. The van der Waals surface area contributed by atoms with Crippen LogP contribution in [-0.2, 0) is 22.1 Å². The van der Waals surface area contributed by atoms with Gasteiger partial charge in [-0.25, -0.2) is 4.79 Å². The summed E-state index contributed by atoms with van der Waals surface area (Å²) >= 11 is 0. The molecule has 0 saturated heterocycles. The predicted octanol–water partition coefficient (Wildman–Crippen LogP) is 4.45. The maximum absolute atomic E-state index is 12.9. The van der Waals surface area contributed by atoms with Crippen LogP contribution in [0.15, 0.2) is 53.6 Å². The number of rotatable bonds is 3. The number of esters is 1. The van der Waals surface area contributed by atoms with Crippen LogP contribution in [0.1, 0.15) is 25.0 Å². The zero-order valence-corrected chi connectivity index (χ0v) is 15.5. The Kier molecular flexibility index (Phi) is 5.58. The van der Waals surface area contributed by atoms with Gasteiger partial charge in [0.25, 0.3) is 0 Å². The Labute approximate surface area is 160 Å². The van der Waals surface area contributed by atoms with E-state index in [-0.39, 0.29) is 24.2 Å². The second-order valence-corrected chi connectivity index (χ2v) is 6.40. The summed E-state index contributed by atoms with van der Waals surface area (Å²) in [7, 11) is 0. The van der Waals surface area contributed by atoms with Gasteiger partial charge in [0.05, 0.1) is 17.9 Å². The van der Waals surface area contributed by atoms with E-state index in [0.29, 0.717) is 0 Å². The molecule has 1 aliphatic heterocycles. The molecule has 1 heterocycles. The molecule has 0 radical (unpaired) electrons. The summed E-state index contributed by atoms with van der Waals surface area (Å²) in [6, 6.07) is 12.2. The number of amidine groups is 1. The summed E-state index contributed by atoms with van der Waals surface area (Å²) in [5.74, 6) is -0.651. The van der Waals surface area contributed by atoms with Crippen molar-refractivity contribution in [3.63, 3.8) is 0 Å². The maximum atomic E-state index is 12.9. The molecule has 28 heavy (non-hydrogen) atoms. The minimum atomic E-state index is -4.46. The van der Waals surface area contributed by atoms with E-state index in [4.69, 9.17) is 4.74 Å². The van der Waals surface area contributed by atoms with Gasteiger partial charge in [-0.1, -0.05) is 24.3 Å². The second kappa shape index (κ2) is 7.92. The summed E-state index contributed by atoms with van der Waals surface area (Å²) in [6.45, 7) is 3.78. The normalized spacial score (nSPS) is 16.7. The number of hydrogen-bond acceptors (Lipinski definition) is 4. The molecule has 0 aromatic heterocycles. The van der Waals surface area contributed by atoms with Crippen LogP contribution in [0.2, 0.25) is 0 Å². The van der Waals surface area contributed by atoms with Crippen LogP contribution in [0, 0.1) is 0 Å². The fourth-order valence-corrected chi connectivity index (χ4v) is 3.16. The topological polar surface area (TPSA) is 53.9 Å². The van der Waals surface area contributed by atoms with Crippen molar-refractivity contribution in [1.82, 2.24) is 0 Å². The number of hydrazone groups is 1. The van der Waals surface area contributed by atoms with Crippen molar-refractivity contribution in [1.29, 1.82) is 0 Å². The Bertz CT molecular complexity index is 896. The molecule has 0 bridgehead atoms. The number of carbonyl (C=O) groups excluding carboxylic acids is 1. The first-order valence-electron chi connectivity index (χ1n) is 8.86. The van der Waals surface area contributed by atoms with E-state index in [1.807, 2.05) is 31.2 Å². The van der Waals surface area contributed by atoms with Gasteiger partial charge in [-0.05, 0) is 50.1 Å². The van der Waals surface area contributed by atoms with Crippen molar-refractivity contribution in [3.05, 3.63) is 59.7 Å². The number of hydrogen-bond donors (Lipinski definition) is 1. The molecule has 1 atom stereocenters. The average molecular weight is 391 g/mol. The van der Waals surface area contributed by atoms with E-state index in [9.17, 15) is 18.0 Å². The monoisotopic (exact) mass is 391 g/mol. The molecule has 0 fully saturated rings. The molecule has 0 aliphatic carbocycles. The van der Waals surface area contributed by atoms with Crippen molar-refractivity contribution in [3.8, 4) is 0 Å². The number of para-hydroxylation sites is 1. The molecular formula is C20H20F3N3O2. The zero-order valence-electron chi connectivity index (χ0n) is 15.5. The fourth-order valence-electron chi connectivity index (χ4n) is 3.16. The minimum absolute atomic E-state index is 0.00304. The van der Waals surface area contributed by atoms with E-state index in [0.717, 1.165) is 29.8 Å². The van der Waals surface area contributed by atoms with Gasteiger partial charge in [0, 0.05) is 11.7 Å². The van der Waals surface area contributed by atoms with Gasteiger partial charge in [0.2, 0.25) is 5.84 Å². The lowest BCUT2D eigenvalue weighted by molar-refractivity contribution is -0.137. The molecule has 2 aromatic rings. The summed E-state index contributed by atoms with van der Waals surface area (Å²) in [5, 5.41) is 4.12. The SMILES string of the molecule is CCOC(=O)/C(=N\Nc1cccc(C(F)(F)F)c1)N1c2ccccc2CC1C. The largest absolute Gasteiger partial charge is 0.460 e. The lowest BCUT2D eigenvalue weighted by Gasteiger charge is -2.25. The molecule has 148 valence electrons. The predicted molar refractivity (Wildman–Crippen MR) is 101 cm³/mol. The third-order valence-corrected chi connectivity index (χ3v) is 4.37. The van der Waals surface area contributed by atoms with Crippen LogP contribution >= 0.6 is 0 Å². The van der Waals surface area contributed by atoms with E-state index in [2.05, 4.69) is 10.5 Å². The number of nitrogens with one attached hydrogen (secondary N) is 1. The molecule has 0 saturated carbocycles. The number of fused-ring (bicyclic) bond motifs is 1. The highest BCUT2D eigenvalue weighted by molar-refractivity contribution is 6.41. The molecule has 0 amide bonds. The van der Waals surface area contributed by atoms with Crippen molar-refractivity contribution < 1.29 is 22.7 Å². The smallest absolute Gasteiger partial charge is 0.416 e. The molecule has 5 nitrogen and oxygen atoms in total. The Hall–Kier alpha value is -3.03. The van der Waals surface area contributed by atoms with Gasteiger partial charge in [-0.2, -0.15) is 13.2 Å². The van der Waals surface area contributed by atoms with E-state index < -0.39 is 17.7 Å². The van der Waals surface area contributed by atoms with Gasteiger partial charge in [-0.3, -0.25) is 5.43 Å². The van der Waals surface area contributed by atoms with E-state index in [1.54, 1.807) is 11.8 Å². The number of nitrogens with zero attached hydrogens (tertiary/aromatic N) is 2. The van der Waals surface area contributed by atoms with Crippen LogP contribution in [0.4, 0.5) is 24.5 Å². The van der Waals surface area contributed by atoms with E-state index in [1.165, 1.54) is 12.1 Å².